The number of halogens is 1. The molecule has 0 spiro atoms. The van der Waals surface area contributed by atoms with Crippen molar-refractivity contribution in [3.8, 4) is 0 Å². The minimum Gasteiger partial charge on any atom is -0.344 e. The zero-order valence-electron chi connectivity index (χ0n) is 10.9. The van der Waals surface area contributed by atoms with E-state index < -0.39 is 0 Å². The molecule has 0 fully saturated rings. The Morgan fingerprint density at radius 3 is 3.00 bits per heavy atom. The molecule has 0 amide bonds. The van der Waals surface area contributed by atoms with Gasteiger partial charge in [-0.05, 0) is 25.1 Å². The van der Waals surface area contributed by atoms with E-state index in [0.29, 0.717) is 0 Å². The van der Waals surface area contributed by atoms with Gasteiger partial charge in [-0.15, -0.1) is 11.8 Å². The fourth-order valence-electron chi connectivity index (χ4n) is 1.68. The summed E-state index contributed by atoms with van der Waals surface area (Å²) in [5, 5.41) is 4.14. The number of hydrogen-bond acceptors (Lipinski definition) is 3. The molecule has 0 saturated carbocycles. The molecule has 3 nitrogen and oxygen atoms in total. The second kappa shape index (κ2) is 7.58. The van der Waals surface area contributed by atoms with E-state index in [1.807, 2.05) is 30.5 Å². The lowest BCUT2D eigenvalue weighted by atomic mass is 10.4. The lowest BCUT2D eigenvalue weighted by molar-refractivity contribution is 0.666. The van der Waals surface area contributed by atoms with E-state index in [4.69, 9.17) is 11.6 Å². The molecule has 0 aliphatic heterocycles. The molecule has 1 heterocycles. The first-order valence-corrected chi connectivity index (χ1v) is 7.76. The zero-order chi connectivity index (χ0) is 13.5. The molecule has 0 aliphatic rings. The van der Waals surface area contributed by atoms with E-state index in [0.717, 1.165) is 46.7 Å². The summed E-state index contributed by atoms with van der Waals surface area (Å²) in [7, 11) is 0. The quantitative estimate of drug-likeness (QED) is 0.602. The van der Waals surface area contributed by atoms with Crippen molar-refractivity contribution in [2.45, 2.75) is 30.5 Å². The largest absolute Gasteiger partial charge is 0.344 e. The maximum absolute atomic E-state index is 6.12. The summed E-state index contributed by atoms with van der Waals surface area (Å²) >= 11 is 7.81. The standard InChI is InChI=1S/C14H18ClN3S/c1-2-7-16-8-11-9-17-14(18-11)10-19-13-6-4-3-5-12(13)15/h3-6,9,16H,2,7-8,10H2,1H3,(H,17,18). The highest BCUT2D eigenvalue weighted by Crippen LogP contribution is 2.28. The Balaban J connectivity index is 1.85. The molecule has 0 atom stereocenters. The van der Waals surface area contributed by atoms with Gasteiger partial charge in [0.05, 0.1) is 10.8 Å². The fourth-order valence-corrected chi connectivity index (χ4v) is 2.80. The van der Waals surface area contributed by atoms with E-state index in [9.17, 15) is 0 Å². The van der Waals surface area contributed by atoms with Crippen molar-refractivity contribution in [3.05, 3.63) is 47.0 Å². The first kappa shape index (κ1) is 14.4. The fraction of sp³-hybridized carbons (Fsp3) is 0.357. The first-order chi connectivity index (χ1) is 9.29. The monoisotopic (exact) mass is 295 g/mol. The Bertz CT molecular complexity index is 513. The molecule has 0 saturated heterocycles. The van der Waals surface area contributed by atoms with Gasteiger partial charge in [0.1, 0.15) is 5.82 Å². The van der Waals surface area contributed by atoms with Crippen LogP contribution in [0.25, 0.3) is 0 Å². The van der Waals surface area contributed by atoms with Gasteiger partial charge in [0, 0.05) is 23.3 Å². The number of nitrogens with one attached hydrogen (secondary N) is 2. The normalized spacial score (nSPS) is 10.8. The molecule has 2 N–H and O–H groups in total. The second-order valence-electron chi connectivity index (χ2n) is 4.25. The van der Waals surface area contributed by atoms with Crippen molar-refractivity contribution >= 4 is 23.4 Å². The highest BCUT2D eigenvalue weighted by Gasteiger charge is 2.04. The third-order valence-corrected chi connectivity index (χ3v) is 4.15. The van der Waals surface area contributed by atoms with Crippen LogP contribution in [0.2, 0.25) is 5.02 Å². The summed E-state index contributed by atoms with van der Waals surface area (Å²) in [5.74, 6) is 1.79. The molecule has 0 unspecified atom stereocenters. The number of aromatic nitrogens is 2. The van der Waals surface area contributed by atoms with E-state index in [1.54, 1.807) is 11.8 Å². The molecule has 1 aromatic heterocycles. The Hall–Kier alpha value is -0.970. The van der Waals surface area contributed by atoms with E-state index >= 15 is 0 Å². The molecule has 0 radical (unpaired) electrons. The maximum atomic E-state index is 6.12. The molecule has 1 aromatic carbocycles. The predicted molar refractivity (Wildman–Crippen MR) is 81.6 cm³/mol. The van der Waals surface area contributed by atoms with Crippen molar-refractivity contribution in [2.24, 2.45) is 0 Å². The topological polar surface area (TPSA) is 40.7 Å². The molecular formula is C14H18ClN3S. The summed E-state index contributed by atoms with van der Waals surface area (Å²) in [6.07, 6.45) is 3.04. The Morgan fingerprint density at radius 2 is 2.21 bits per heavy atom. The molecule has 2 aromatic rings. The predicted octanol–water partition coefficient (Wildman–Crippen LogP) is 3.86. The van der Waals surface area contributed by atoms with Crippen LogP contribution < -0.4 is 5.32 Å². The van der Waals surface area contributed by atoms with Gasteiger partial charge in [-0.2, -0.15) is 0 Å². The zero-order valence-corrected chi connectivity index (χ0v) is 12.5. The van der Waals surface area contributed by atoms with Gasteiger partial charge >= 0.3 is 0 Å². The smallest absolute Gasteiger partial charge is 0.116 e. The Kier molecular flexibility index (Phi) is 5.76. The van der Waals surface area contributed by atoms with Crippen molar-refractivity contribution < 1.29 is 0 Å². The van der Waals surface area contributed by atoms with E-state index in [1.165, 1.54) is 0 Å². The molecule has 2 rings (SSSR count). The number of thioether (sulfide) groups is 1. The third-order valence-electron chi connectivity index (χ3n) is 2.62. The van der Waals surface area contributed by atoms with Crippen molar-refractivity contribution in [1.29, 1.82) is 0 Å². The number of rotatable bonds is 7. The summed E-state index contributed by atoms with van der Waals surface area (Å²) in [6, 6.07) is 7.87. The second-order valence-corrected chi connectivity index (χ2v) is 5.68. The van der Waals surface area contributed by atoms with Crippen LogP contribution in [0, 0.1) is 0 Å². The number of hydrogen-bond donors (Lipinski definition) is 2. The number of aromatic amines is 1. The van der Waals surface area contributed by atoms with Gasteiger partial charge in [-0.1, -0.05) is 30.7 Å². The number of imidazole rings is 1. The van der Waals surface area contributed by atoms with Crippen LogP contribution in [0.1, 0.15) is 24.9 Å². The van der Waals surface area contributed by atoms with Crippen molar-refractivity contribution in [1.82, 2.24) is 15.3 Å². The number of H-pyrrole nitrogens is 1. The average Bonchev–Trinajstić information content (AvgIpc) is 2.86. The molecule has 5 heteroatoms. The summed E-state index contributed by atoms with van der Waals surface area (Å²) in [6.45, 7) is 4.03. The minimum absolute atomic E-state index is 0.795. The lowest BCUT2D eigenvalue weighted by Gasteiger charge is -2.02. The molecule has 0 aliphatic carbocycles. The van der Waals surface area contributed by atoms with Crippen LogP contribution in [0.5, 0.6) is 0 Å². The van der Waals surface area contributed by atoms with Gasteiger partial charge in [0.25, 0.3) is 0 Å². The summed E-state index contributed by atoms with van der Waals surface area (Å²) < 4.78 is 0. The molecule has 19 heavy (non-hydrogen) atoms. The van der Waals surface area contributed by atoms with Crippen LogP contribution in [-0.2, 0) is 12.3 Å². The highest BCUT2D eigenvalue weighted by atomic mass is 35.5. The van der Waals surface area contributed by atoms with Crippen LogP contribution in [-0.4, -0.2) is 16.5 Å². The highest BCUT2D eigenvalue weighted by molar-refractivity contribution is 7.98. The van der Waals surface area contributed by atoms with Gasteiger partial charge in [-0.25, -0.2) is 4.98 Å². The third kappa shape index (κ3) is 4.56. The van der Waals surface area contributed by atoms with Crippen LogP contribution in [0.15, 0.2) is 35.4 Å². The van der Waals surface area contributed by atoms with Crippen molar-refractivity contribution in [3.63, 3.8) is 0 Å². The summed E-state index contributed by atoms with van der Waals surface area (Å²) in [4.78, 5) is 8.79. The lowest BCUT2D eigenvalue weighted by Crippen LogP contribution is -2.13. The van der Waals surface area contributed by atoms with Crippen LogP contribution in [0.3, 0.4) is 0 Å². The van der Waals surface area contributed by atoms with Gasteiger partial charge in [0.2, 0.25) is 0 Å². The van der Waals surface area contributed by atoms with Crippen molar-refractivity contribution in [2.75, 3.05) is 6.54 Å². The van der Waals surface area contributed by atoms with Gasteiger partial charge < -0.3 is 10.3 Å². The molecule has 0 bridgehead atoms. The molecular weight excluding hydrogens is 278 g/mol. The number of nitrogens with zero attached hydrogens (tertiary/aromatic N) is 1. The van der Waals surface area contributed by atoms with E-state index in [2.05, 4.69) is 22.2 Å². The average molecular weight is 296 g/mol. The van der Waals surface area contributed by atoms with Crippen LogP contribution >= 0.6 is 23.4 Å². The van der Waals surface area contributed by atoms with Gasteiger partial charge in [-0.3, -0.25) is 0 Å². The van der Waals surface area contributed by atoms with Gasteiger partial charge in [0.15, 0.2) is 0 Å². The Labute approximate surface area is 123 Å². The van der Waals surface area contributed by atoms with E-state index in [-0.39, 0.29) is 0 Å². The maximum Gasteiger partial charge on any atom is 0.116 e. The minimum atomic E-state index is 0.795. The first-order valence-electron chi connectivity index (χ1n) is 6.40. The Morgan fingerprint density at radius 1 is 1.37 bits per heavy atom. The summed E-state index contributed by atoms with van der Waals surface area (Å²) in [5.41, 5.74) is 1.13. The number of benzene rings is 1. The SMILES string of the molecule is CCCNCc1cnc(CSc2ccccc2Cl)[nH]1. The van der Waals surface area contributed by atoms with Crippen LogP contribution in [0.4, 0.5) is 0 Å². The molecule has 102 valence electrons.